The van der Waals surface area contributed by atoms with Crippen molar-refractivity contribution in [2.75, 3.05) is 0 Å². The van der Waals surface area contributed by atoms with E-state index in [9.17, 15) is 0 Å². The van der Waals surface area contributed by atoms with Crippen LogP contribution in [0.2, 0.25) is 0 Å². The van der Waals surface area contributed by atoms with Crippen LogP contribution in [-0.2, 0) is 100 Å². The number of aliphatic carboxylic acids is 3. The second-order valence-corrected chi connectivity index (χ2v) is 2.59. The molecule has 0 heterocycles. The Morgan fingerprint density at radius 1 is 0.636 bits per heavy atom. The summed E-state index contributed by atoms with van der Waals surface area (Å²) in [6.07, 6.45) is 0. The Morgan fingerprint density at radius 3 is 0.636 bits per heavy atom. The van der Waals surface area contributed by atoms with E-state index >= 15 is 0 Å². The number of hydrogen-bond donors (Lipinski definition) is 3. The van der Waals surface area contributed by atoms with Crippen molar-refractivity contribution in [1.29, 1.82) is 0 Å². The monoisotopic (exact) mass is 472 g/mol. The van der Waals surface area contributed by atoms with Crippen molar-refractivity contribution in [2.45, 2.75) is 20.8 Å². The Hall–Kier alpha value is 0.365. The number of carboxylic acids is 3. The first-order valence-corrected chi connectivity index (χ1v) is 7.83. The fraction of sp³-hybridized carbons (Fsp3) is 0.500. The molecule has 0 saturated carbocycles. The average Bonchev–Trinajstić information content (AvgIpc) is 2.16. The molecule has 22 heavy (non-hydrogen) atoms. The van der Waals surface area contributed by atoms with Crippen molar-refractivity contribution in [3.05, 3.63) is 0 Å². The van der Waals surface area contributed by atoms with Crippen LogP contribution in [0, 0.1) is 0 Å². The molecule has 0 bridgehead atoms. The molecule has 0 unspecified atom stereocenters. The summed E-state index contributed by atoms with van der Waals surface area (Å²) in [5, 5.41) is 22.2. The second-order valence-electron chi connectivity index (χ2n) is 1.81. The maximum absolute atomic E-state index is 9.00. The molecule has 0 saturated heterocycles. The summed E-state index contributed by atoms with van der Waals surface area (Å²) in [6.45, 7) is 3.25. The Bertz CT molecular complexity index is 219. The molecule has 126 valence electrons. The van der Waals surface area contributed by atoms with Crippen LogP contribution in [0.1, 0.15) is 20.8 Å². The predicted molar refractivity (Wildman–Crippen MR) is 42.0 cm³/mol. The van der Waals surface area contributed by atoms with Gasteiger partial charge in [-0.2, -0.15) is 0 Å². The van der Waals surface area contributed by atoms with Gasteiger partial charge in [0.25, 0.3) is 17.9 Å². The van der Waals surface area contributed by atoms with Crippen molar-refractivity contribution in [2.24, 2.45) is 0 Å². The van der Waals surface area contributed by atoms with Gasteiger partial charge in [0.2, 0.25) is 0 Å². The molecule has 3 N–H and O–H groups in total. The van der Waals surface area contributed by atoms with Gasteiger partial charge >= 0.3 is 96.9 Å². The van der Waals surface area contributed by atoms with Crippen molar-refractivity contribution in [3.8, 4) is 0 Å². The van der Waals surface area contributed by atoms with Crippen LogP contribution >= 0.6 is 0 Å². The zero-order valence-corrected chi connectivity index (χ0v) is 17.4. The van der Waals surface area contributed by atoms with Gasteiger partial charge in [-0.3, -0.25) is 14.4 Å². The third-order valence-electron chi connectivity index (χ3n) is 0. The molecule has 0 aliphatic heterocycles. The third-order valence-corrected chi connectivity index (χ3v) is 0. The van der Waals surface area contributed by atoms with Gasteiger partial charge in [0.15, 0.2) is 0 Å². The van der Waals surface area contributed by atoms with E-state index in [4.69, 9.17) is 50.7 Å². The number of hydrogen-bond acceptors (Lipinski definition) is 9. The van der Waals surface area contributed by atoms with E-state index in [1.54, 1.807) is 0 Å². The summed E-state index contributed by atoms with van der Waals surface area (Å²) in [5.74, 6) is -2.50. The molecule has 1 radical (unpaired) electrons. The van der Waals surface area contributed by atoms with E-state index in [1.807, 2.05) is 0 Å². The Labute approximate surface area is 164 Å². The van der Waals surface area contributed by atoms with Gasteiger partial charge in [0.05, 0.1) is 0 Å². The Morgan fingerprint density at radius 2 is 0.636 bits per heavy atom. The van der Waals surface area contributed by atoms with Gasteiger partial charge in [-0.25, -0.2) is 0 Å². The fourth-order valence-corrected chi connectivity index (χ4v) is 0. The standard InChI is InChI=1S/3C2H4O2.Cr.6O.3Ti/c3*1-2(3)4;;;;;;;;;;/h3*1H3,(H,3,4);;;;;;;;;;/q;;;+3;;;;3*-1;;;. The normalized spacial score (nSPS) is 4.64. The zero-order chi connectivity index (χ0) is 18.9. The third kappa shape index (κ3) is 57200. The first-order valence-electron chi connectivity index (χ1n) is 4.01. The summed E-state index contributed by atoms with van der Waals surface area (Å²) in [6, 6.07) is 0. The molecule has 0 rings (SSSR count). The van der Waals surface area contributed by atoms with Crippen molar-refractivity contribution in [3.63, 3.8) is 0 Å². The summed E-state index contributed by atoms with van der Waals surface area (Å²) in [4.78, 5) is 27.0. The van der Waals surface area contributed by atoms with Crippen LogP contribution in [0.4, 0.5) is 0 Å². The van der Waals surface area contributed by atoms with Gasteiger partial charge in [-0.1, -0.05) is 0 Å². The van der Waals surface area contributed by atoms with Gasteiger partial charge in [-0.05, 0) is 0 Å². The number of carbonyl (C=O) groups is 3. The van der Waals surface area contributed by atoms with Crippen LogP contribution in [0.3, 0.4) is 0 Å². The predicted octanol–water partition coefficient (Wildman–Crippen LogP) is -3.66. The van der Waals surface area contributed by atoms with E-state index in [2.05, 4.69) is 0 Å². The van der Waals surface area contributed by atoms with Crippen molar-refractivity contribution in [1.82, 2.24) is 0 Å². The molecule has 0 aromatic rings. The fourth-order valence-electron chi connectivity index (χ4n) is 0. The molecular formula is C6H12CrO12Ti3. The van der Waals surface area contributed by atoms with E-state index in [-0.39, 0.29) is 17.4 Å². The number of carboxylic acid groups (broad SMARTS) is 3. The molecule has 0 aliphatic rings. The first-order chi connectivity index (χ1) is 9.44. The molecular weight excluding hydrogens is 460 g/mol. The summed E-state index contributed by atoms with van der Waals surface area (Å²) in [5.41, 5.74) is 0. The SMILES string of the molecule is CC(=O)O.CC(=O)O.CC(=O)O.[Cr+3].[O]=[Ti][O-].[O]=[Ti][O-].[O]=[Ti][O-]. The van der Waals surface area contributed by atoms with Crippen LogP contribution < -0.4 is 11.1 Å². The molecule has 0 spiro atoms. The Kier molecular flexibility index (Phi) is 114. The number of rotatable bonds is 0. The van der Waals surface area contributed by atoms with Gasteiger partial charge in [0, 0.05) is 20.8 Å². The molecule has 0 aromatic carbocycles. The van der Waals surface area contributed by atoms with Crippen molar-refractivity contribution >= 4 is 17.9 Å². The van der Waals surface area contributed by atoms with E-state index in [0.717, 1.165) is 20.8 Å². The Balaban J connectivity index is -0.0000000245. The van der Waals surface area contributed by atoms with Crippen molar-refractivity contribution < 1.29 is 127 Å². The van der Waals surface area contributed by atoms with E-state index < -0.39 is 76.4 Å². The second kappa shape index (κ2) is 58.0. The summed E-state index contributed by atoms with van der Waals surface area (Å²) < 4.78 is 51.0. The molecule has 0 aromatic heterocycles. The van der Waals surface area contributed by atoms with E-state index in [1.165, 1.54) is 0 Å². The molecule has 0 amide bonds. The minimum absolute atomic E-state index is 0. The molecule has 16 heteroatoms. The molecule has 0 atom stereocenters. The van der Waals surface area contributed by atoms with Crippen LogP contribution in [0.15, 0.2) is 0 Å². The van der Waals surface area contributed by atoms with Crippen LogP contribution in [-0.4, -0.2) is 33.2 Å². The quantitative estimate of drug-likeness (QED) is 0.290. The summed E-state index contributed by atoms with van der Waals surface area (Å²) >= 11 is -6.00. The topological polar surface area (TPSA) is 232 Å². The molecule has 12 nitrogen and oxygen atoms in total. The zero-order valence-electron chi connectivity index (χ0n) is 11.4. The van der Waals surface area contributed by atoms with Crippen LogP contribution in [0.5, 0.6) is 0 Å². The average molecular weight is 472 g/mol. The van der Waals surface area contributed by atoms with Gasteiger partial charge in [-0.15, -0.1) is 0 Å². The van der Waals surface area contributed by atoms with Gasteiger partial charge in [0.1, 0.15) is 0 Å². The summed E-state index contributed by atoms with van der Waals surface area (Å²) in [7, 11) is 0. The first kappa shape index (κ1) is 43.2. The molecule has 0 aliphatic carbocycles. The molecule has 0 fully saturated rings. The minimum atomic E-state index is -2.00. The van der Waals surface area contributed by atoms with Crippen LogP contribution in [0.25, 0.3) is 0 Å². The van der Waals surface area contributed by atoms with Gasteiger partial charge < -0.3 is 15.3 Å². The maximum atomic E-state index is 9.00. The van der Waals surface area contributed by atoms with E-state index in [0.29, 0.717) is 0 Å².